The average Bonchev–Trinajstić information content (AvgIpc) is 3.57. The van der Waals surface area contributed by atoms with Gasteiger partial charge in [-0.25, -0.2) is 0 Å². The number of piperidine rings is 1. The van der Waals surface area contributed by atoms with Crippen LogP contribution in [0.25, 0.3) is 6.08 Å². The second kappa shape index (κ2) is 8.95. The molecule has 0 aromatic heterocycles. The van der Waals surface area contributed by atoms with Gasteiger partial charge in [0.05, 0.1) is 5.56 Å². The predicted molar refractivity (Wildman–Crippen MR) is 117 cm³/mol. The minimum atomic E-state index is -0.215. The number of nitrogens with one attached hydrogen (secondary N) is 2. The van der Waals surface area contributed by atoms with Crippen molar-refractivity contribution in [1.29, 1.82) is 0 Å². The number of rotatable bonds is 6. The normalized spacial score (nSPS) is 16.6. The molecule has 2 aromatic rings. The lowest BCUT2D eigenvalue weighted by Crippen LogP contribution is -2.33. The molecule has 5 nitrogen and oxygen atoms in total. The predicted octanol–water partition coefficient (Wildman–Crippen LogP) is 4.22. The second-order valence-electron chi connectivity index (χ2n) is 7.76. The van der Waals surface area contributed by atoms with Gasteiger partial charge >= 0.3 is 0 Å². The molecule has 0 unspecified atom stereocenters. The van der Waals surface area contributed by atoms with E-state index in [4.69, 9.17) is 0 Å². The lowest BCUT2D eigenvalue weighted by molar-refractivity contribution is -0.111. The van der Waals surface area contributed by atoms with E-state index in [9.17, 15) is 9.59 Å². The van der Waals surface area contributed by atoms with Crippen molar-refractivity contribution < 1.29 is 9.59 Å². The van der Waals surface area contributed by atoms with E-state index in [1.165, 1.54) is 12.5 Å². The molecule has 4 rings (SSSR count). The van der Waals surface area contributed by atoms with Crippen LogP contribution >= 0.6 is 0 Å². The van der Waals surface area contributed by atoms with Crippen LogP contribution in [0.15, 0.2) is 54.6 Å². The van der Waals surface area contributed by atoms with Crippen molar-refractivity contribution in [3.8, 4) is 0 Å². The summed E-state index contributed by atoms with van der Waals surface area (Å²) in [5.41, 5.74) is 3.20. The molecule has 150 valence electrons. The van der Waals surface area contributed by atoms with Gasteiger partial charge in [-0.05, 0) is 61.9 Å². The first kappa shape index (κ1) is 19.2. The monoisotopic (exact) mass is 389 g/mol. The number of carbonyl (C=O) groups is 2. The van der Waals surface area contributed by atoms with Crippen molar-refractivity contribution in [3.05, 3.63) is 65.7 Å². The zero-order chi connectivity index (χ0) is 20.1. The maximum Gasteiger partial charge on any atom is 0.253 e. The molecule has 1 saturated carbocycles. The molecule has 2 fully saturated rings. The van der Waals surface area contributed by atoms with Crippen molar-refractivity contribution in [2.75, 3.05) is 23.3 Å². The zero-order valence-electron chi connectivity index (χ0n) is 16.6. The third-order valence-corrected chi connectivity index (χ3v) is 5.34. The molecule has 5 heteroatoms. The van der Waals surface area contributed by atoms with Gasteiger partial charge in [-0.15, -0.1) is 0 Å². The molecular formula is C24H27N3O2. The number of hydrogen-bond donors (Lipinski definition) is 2. The summed E-state index contributed by atoms with van der Waals surface area (Å²) in [5, 5.41) is 5.97. The van der Waals surface area contributed by atoms with Crippen molar-refractivity contribution in [3.63, 3.8) is 0 Å². The highest BCUT2D eigenvalue weighted by Gasteiger charge is 2.26. The van der Waals surface area contributed by atoms with Gasteiger partial charge in [-0.3, -0.25) is 9.59 Å². The zero-order valence-corrected chi connectivity index (χ0v) is 16.6. The maximum atomic E-state index is 12.8. The van der Waals surface area contributed by atoms with Crippen LogP contribution in [0.1, 0.15) is 48.0 Å². The minimum Gasteiger partial charge on any atom is -0.371 e. The van der Waals surface area contributed by atoms with Crippen LogP contribution in [0.2, 0.25) is 0 Å². The van der Waals surface area contributed by atoms with E-state index < -0.39 is 0 Å². The topological polar surface area (TPSA) is 61.4 Å². The second-order valence-corrected chi connectivity index (χ2v) is 7.76. The molecule has 0 radical (unpaired) electrons. The van der Waals surface area contributed by atoms with Crippen LogP contribution < -0.4 is 15.5 Å². The minimum absolute atomic E-state index is 0.0519. The molecule has 0 atom stereocenters. The molecule has 2 N–H and O–H groups in total. The molecule has 0 bridgehead atoms. The highest BCUT2D eigenvalue weighted by molar-refractivity contribution is 6.05. The summed E-state index contributed by atoms with van der Waals surface area (Å²) in [6.07, 6.45) is 8.91. The molecule has 1 aliphatic heterocycles. The van der Waals surface area contributed by atoms with Crippen molar-refractivity contribution in [1.82, 2.24) is 5.32 Å². The van der Waals surface area contributed by atoms with Gasteiger partial charge < -0.3 is 15.5 Å². The quantitative estimate of drug-likeness (QED) is 0.727. The number of anilines is 2. The van der Waals surface area contributed by atoms with Crippen LogP contribution in [0.4, 0.5) is 11.4 Å². The number of carbonyl (C=O) groups excluding carboxylic acids is 2. The number of hydrogen-bond acceptors (Lipinski definition) is 3. The van der Waals surface area contributed by atoms with Gasteiger partial charge in [0, 0.05) is 36.6 Å². The molecule has 1 saturated heterocycles. The Hall–Kier alpha value is -3.08. The SMILES string of the molecule is O=C(/C=C/c1ccccc1)Nc1ccc(N2CCCCC2)c(C(=O)NC2CC2)c1. The Morgan fingerprint density at radius 1 is 0.966 bits per heavy atom. The average molecular weight is 389 g/mol. The van der Waals surface area contributed by atoms with Crippen LogP contribution in [-0.4, -0.2) is 30.9 Å². The van der Waals surface area contributed by atoms with E-state index in [2.05, 4.69) is 15.5 Å². The first-order valence-corrected chi connectivity index (χ1v) is 10.4. The third-order valence-electron chi connectivity index (χ3n) is 5.34. The number of nitrogens with zero attached hydrogens (tertiary/aromatic N) is 1. The highest BCUT2D eigenvalue weighted by atomic mass is 16.2. The summed E-state index contributed by atoms with van der Waals surface area (Å²) in [5.74, 6) is -0.267. The molecule has 29 heavy (non-hydrogen) atoms. The van der Waals surface area contributed by atoms with Gasteiger partial charge in [-0.2, -0.15) is 0 Å². The summed E-state index contributed by atoms with van der Waals surface area (Å²) in [6, 6.07) is 15.6. The van der Waals surface area contributed by atoms with E-state index in [0.29, 0.717) is 17.3 Å². The Morgan fingerprint density at radius 2 is 1.72 bits per heavy atom. The van der Waals surface area contributed by atoms with E-state index >= 15 is 0 Å². The maximum absolute atomic E-state index is 12.8. The highest BCUT2D eigenvalue weighted by Crippen LogP contribution is 2.28. The molecule has 2 amide bonds. The first-order valence-electron chi connectivity index (χ1n) is 10.4. The van der Waals surface area contributed by atoms with E-state index in [-0.39, 0.29) is 11.8 Å². The summed E-state index contributed by atoms with van der Waals surface area (Å²) in [7, 11) is 0. The molecule has 0 spiro atoms. The summed E-state index contributed by atoms with van der Waals surface area (Å²) in [4.78, 5) is 27.5. The summed E-state index contributed by atoms with van der Waals surface area (Å²) >= 11 is 0. The molecule has 2 aromatic carbocycles. The van der Waals surface area contributed by atoms with E-state index in [1.807, 2.05) is 42.5 Å². The largest absolute Gasteiger partial charge is 0.371 e. The van der Waals surface area contributed by atoms with Crippen LogP contribution in [0.5, 0.6) is 0 Å². The Labute approximate surface area is 171 Å². The van der Waals surface area contributed by atoms with E-state index in [0.717, 1.165) is 50.0 Å². The third kappa shape index (κ3) is 5.25. The van der Waals surface area contributed by atoms with Crippen LogP contribution in [0, 0.1) is 0 Å². The van der Waals surface area contributed by atoms with Gasteiger partial charge in [0.15, 0.2) is 0 Å². The Bertz CT molecular complexity index is 898. The van der Waals surface area contributed by atoms with Crippen LogP contribution in [0.3, 0.4) is 0 Å². The fraction of sp³-hybridized carbons (Fsp3) is 0.333. The lowest BCUT2D eigenvalue weighted by Gasteiger charge is -2.30. The van der Waals surface area contributed by atoms with Gasteiger partial charge in [0.1, 0.15) is 0 Å². The number of amides is 2. The number of benzene rings is 2. The smallest absolute Gasteiger partial charge is 0.253 e. The van der Waals surface area contributed by atoms with E-state index in [1.54, 1.807) is 12.1 Å². The first-order chi connectivity index (χ1) is 14.2. The van der Waals surface area contributed by atoms with Gasteiger partial charge in [0.2, 0.25) is 5.91 Å². The molecule has 2 aliphatic rings. The van der Waals surface area contributed by atoms with Crippen molar-refractivity contribution in [2.24, 2.45) is 0 Å². The molecule has 1 heterocycles. The van der Waals surface area contributed by atoms with Gasteiger partial charge in [-0.1, -0.05) is 30.3 Å². The Balaban J connectivity index is 1.51. The molecular weight excluding hydrogens is 362 g/mol. The Kier molecular flexibility index (Phi) is 5.94. The van der Waals surface area contributed by atoms with Crippen molar-refractivity contribution >= 4 is 29.3 Å². The fourth-order valence-corrected chi connectivity index (χ4v) is 3.62. The molecule has 1 aliphatic carbocycles. The summed E-state index contributed by atoms with van der Waals surface area (Å²) < 4.78 is 0. The van der Waals surface area contributed by atoms with Crippen molar-refractivity contribution in [2.45, 2.75) is 38.1 Å². The van der Waals surface area contributed by atoms with Crippen LogP contribution in [-0.2, 0) is 4.79 Å². The summed E-state index contributed by atoms with van der Waals surface area (Å²) in [6.45, 7) is 1.93. The Morgan fingerprint density at radius 3 is 2.45 bits per heavy atom. The fourth-order valence-electron chi connectivity index (χ4n) is 3.62. The standard InChI is InChI=1S/C24H27N3O2/c28-23(14-9-18-7-3-1-4-8-18)25-20-12-13-22(27-15-5-2-6-16-27)21(17-20)24(29)26-19-10-11-19/h1,3-4,7-9,12-14,17,19H,2,5-6,10-11,15-16H2,(H,25,28)(H,26,29)/b14-9+. The lowest BCUT2D eigenvalue weighted by atomic mass is 10.1. The van der Waals surface area contributed by atoms with Gasteiger partial charge in [0.25, 0.3) is 5.91 Å².